The Hall–Kier alpha value is -2.40. The summed E-state index contributed by atoms with van der Waals surface area (Å²) in [6.07, 6.45) is 0. The van der Waals surface area contributed by atoms with E-state index in [1.807, 2.05) is 44.0 Å². The van der Waals surface area contributed by atoms with Crippen molar-refractivity contribution in [3.63, 3.8) is 0 Å². The van der Waals surface area contributed by atoms with E-state index in [1.54, 1.807) is 6.92 Å². The number of rotatable bonds is 2. The minimum atomic E-state index is -0.982. The maximum absolute atomic E-state index is 12.7. The average molecular weight is 326 g/mol. The van der Waals surface area contributed by atoms with E-state index in [1.165, 1.54) is 0 Å². The van der Waals surface area contributed by atoms with E-state index < -0.39 is 11.9 Å². The average Bonchev–Trinajstić information content (AvgIpc) is 2.48. The van der Waals surface area contributed by atoms with Gasteiger partial charge >= 0.3 is 5.97 Å². The van der Waals surface area contributed by atoms with Crippen LogP contribution in [-0.4, -0.2) is 41.9 Å². The Balaban J connectivity index is 2.26. The number of hydrogen-bond donors (Lipinski definition) is 2. The first-order valence-electron chi connectivity index (χ1n) is 8.03. The summed E-state index contributed by atoms with van der Waals surface area (Å²) in [5, 5.41) is 12.9. The van der Waals surface area contributed by atoms with Crippen molar-refractivity contribution in [2.75, 3.05) is 20.1 Å². The van der Waals surface area contributed by atoms with E-state index in [2.05, 4.69) is 5.32 Å². The lowest BCUT2D eigenvalue weighted by atomic mass is 9.75. The van der Waals surface area contributed by atoms with Gasteiger partial charge < -0.3 is 10.4 Å². The van der Waals surface area contributed by atoms with Gasteiger partial charge in [-0.2, -0.15) is 0 Å². The van der Waals surface area contributed by atoms with Gasteiger partial charge in [-0.25, -0.2) is 4.79 Å². The third-order valence-electron chi connectivity index (χ3n) is 4.97. The third kappa shape index (κ3) is 2.55. The zero-order valence-corrected chi connectivity index (χ0v) is 14.4. The van der Waals surface area contributed by atoms with Crippen LogP contribution in [0.15, 0.2) is 40.7 Å². The van der Waals surface area contributed by atoms with Crippen molar-refractivity contribution in [2.24, 2.45) is 0 Å². The highest BCUT2D eigenvalue weighted by atomic mass is 16.4. The van der Waals surface area contributed by atoms with Crippen LogP contribution in [0.2, 0.25) is 0 Å². The summed E-state index contributed by atoms with van der Waals surface area (Å²) in [6.45, 7) is 6.69. The van der Waals surface area contributed by atoms with Crippen LogP contribution in [-0.2, 0) is 9.59 Å². The summed E-state index contributed by atoms with van der Waals surface area (Å²) in [6, 6.07) is 5.86. The number of benzene rings is 1. The van der Waals surface area contributed by atoms with Crippen molar-refractivity contribution in [1.29, 1.82) is 0 Å². The fourth-order valence-electron chi connectivity index (χ4n) is 3.69. The Morgan fingerprint density at radius 1 is 1.25 bits per heavy atom. The normalized spacial score (nSPS) is 21.7. The fourth-order valence-corrected chi connectivity index (χ4v) is 3.69. The SMILES string of the molecule is CC1=C(C(=O)O)C(c2cccc(C)c2C)C2=C(CN(C)CC2=O)N1. The largest absolute Gasteiger partial charge is 0.478 e. The minimum Gasteiger partial charge on any atom is -0.478 e. The number of carboxylic acids is 1. The molecule has 0 aromatic heterocycles. The number of aliphatic carboxylic acids is 1. The predicted molar refractivity (Wildman–Crippen MR) is 91.7 cm³/mol. The van der Waals surface area contributed by atoms with E-state index in [0.717, 1.165) is 22.4 Å². The first-order chi connectivity index (χ1) is 11.3. The first kappa shape index (κ1) is 16.5. The quantitative estimate of drug-likeness (QED) is 0.871. The fraction of sp³-hybridized carbons (Fsp3) is 0.368. The molecule has 24 heavy (non-hydrogen) atoms. The van der Waals surface area contributed by atoms with Gasteiger partial charge in [-0.15, -0.1) is 0 Å². The molecule has 0 saturated heterocycles. The summed E-state index contributed by atoms with van der Waals surface area (Å²) >= 11 is 0. The smallest absolute Gasteiger partial charge is 0.334 e. The van der Waals surface area contributed by atoms with Crippen molar-refractivity contribution in [3.05, 3.63) is 57.4 Å². The lowest BCUT2D eigenvalue weighted by Crippen LogP contribution is -2.44. The summed E-state index contributed by atoms with van der Waals surface area (Å²) < 4.78 is 0. The number of hydrogen-bond acceptors (Lipinski definition) is 4. The Kier molecular flexibility index (Phi) is 4.05. The summed E-state index contributed by atoms with van der Waals surface area (Å²) in [7, 11) is 1.89. The third-order valence-corrected chi connectivity index (χ3v) is 4.97. The zero-order valence-electron chi connectivity index (χ0n) is 14.4. The van der Waals surface area contributed by atoms with E-state index in [-0.39, 0.29) is 11.4 Å². The Bertz CT molecular complexity index is 805. The van der Waals surface area contributed by atoms with Gasteiger partial charge in [-0.3, -0.25) is 9.69 Å². The molecule has 126 valence electrons. The van der Waals surface area contributed by atoms with Crippen LogP contribution >= 0.6 is 0 Å². The number of nitrogens with zero attached hydrogens (tertiary/aromatic N) is 1. The summed E-state index contributed by atoms with van der Waals surface area (Å²) in [4.78, 5) is 26.6. The molecule has 0 spiro atoms. The Labute approximate surface area is 141 Å². The van der Waals surface area contributed by atoms with Gasteiger partial charge in [-0.1, -0.05) is 18.2 Å². The van der Waals surface area contributed by atoms with Gasteiger partial charge in [0.15, 0.2) is 5.78 Å². The Morgan fingerprint density at radius 3 is 2.62 bits per heavy atom. The van der Waals surface area contributed by atoms with Crippen molar-refractivity contribution in [2.45, 2.75) is 26.7 Å². The van der Waals surface area contributed by atoms with Crippen LogP contribution in [0.25, 0.3) is 0 Å². The number of dihydropyridines is 1. The van der Waals surface area contributed by atoms with E-state index in [9.17, 15) is 14.7 Å². The van der Waals surface area contributed by atoms with E-state index >= 15 is 0 Å². The number of likely N-dealkylation sites (N-methyl/N-ethyl adjacent to an activating group) is 1. The number of aryl methyl sites for hydroxylation is 1. The highest BCUT2D eigenvalue weighted by molar-refractivity contribution is 6.04. The molecule has 2 heterocycles. The summed E-state index contributed by atoms with van der Waals surface area (Å²) in [5.41, 5.74) is 5.33. The molecule has 1 unspecified atom stereocenters. The number of allylic oxidation sites excluding steroid dienone is 1. The maximum atomic E-state index is 12.7. The molecule has 2 N–H and O–H groups in total. The number of nitrogens with one attached hydrogen (secondary N) is 1. The molecular weight excluding hydrogens is 304 g/mol. The molecule has 0 bridgehead atoms. The van der Waals surface area contributed by atoms with Gasteiger partial charge in [0.25, 0.3) is 0 Å². The number of Topliss-reactive ketones (excluding diaryl/α,β-unsaturated/α-hetero) is 1. The van der Waals surface area contributed by atoms with Crippen molar-refractivity contribution < 1.29 is 14.7 Å². The van der Waals surface area contributed by atoms with Gasteiger partial charge in [0.2, 0.25) is 0 Å². The second-order valence-electron chi connectivity index (χ2n) is 6.68. The second-order valence-corrected chi connectivity index (χ2v) is 6.68. The lowest BCUT2D eigenvalue weighted by molar-refractivity contribution is -0.133. The van der Waals surface area contributed by atoms with Crippen LogP contribution in [0.4, 0.5) is 0 Å². The molecule has 0 amide bonds. The van der Waals surface area contributed by atoms with Crippen LogP contribution in [0, 0.1) is 13.8 Å². The van der Waals surface area contributed by atoms with Crippen LogP contribution in [0.3, 0.4) is 0 Å². The number of ketones is 1. The minimum absolute atomic E-state index is 0.0107. The molecule has 0 aliphatic carbocycles. The van der Waals surface area contributed by atoms with Gasteiger partial charge in [0.05, 0.1) is 12.1 Å². The number of carboxylic acid groups (broad SMARTS) is 1. The van der Waals surface area contributed by atoms with Crippen LogP contribution in [0.5, 0.6) is 0 Å². The monoisotopic (exact) mass is 326 g/mol. The van der Waals surface area contributed by atoms with Gasteiger partial charge in [0, 0.05) is 29.4 Å². The van der Waals surface area contributed by atoms with Crippen LogP contribution in [0.1, 0.15) is 29.5 Å². The maximum Gasteiger partial charge on any atom is 0.334 e. The molecule has 1 aromatic carbocycles. The van der Waals surface area contributed by atoms with Gasteiger partial charge in [-0.05, 0) is 44.5 Å². The van der Waals surface area contributed by atoms with E-state index in [4.69, 9.17) is 0 Å². The van der Waals surface area contributed by atoms with E-state index in [0.29, 0.717) is 24.4 Å². The van der Waals surface area contributed by atoms with Crippen molar-refractivity contribution >= 4 is 11.8 Å². The van der Waals surface area contributed by atoms with Crippen molar-refractivity contribution in [3.8, 4) is 0 Å². The number of carbonyl (C=O) groups is 2. The standard InChI is InChI=1S/C19H22N2O3/c1-10-6-5-7-13(11(10)2)17-16(19(23)24)12(3)20-14-8-21(4)9-15(22)18(14)17/h5-7,17,20H,8-9H2,1-4H3,(H,23,24). The highest BCUT2D eigenvalue weighted by Crippen LogP contribution is 2.41. The molecule has 2 aliphatic heterocycles. The molecule has 1 atom stereocenters. The second kappa shape index (κ2) is 5.91. The Morgan fingerprint density at radius 2 is 1.96 bits per heavy atom. The molecule has 0 saturated carbocycles. The molecule has 5 heteroatoms. The summed E-state index contributed by atoms with van der Waals surface area (Å²) in [5.74, 6) is -1.51. The highest BCUT2D eigenvalue weighted by Gasteiger charge is 2.40. The first-order valence-corrected chi connectivity index (χ1v) is 8.03. The zero-order chi connectivity index (χ0) is 17.6. The molecule has 1 aromatic rings. The molecule has 5 nitrogen and oxygen atoms in total. The molecule has 3 rings (SSSR count). The topological polar surface area (TPSA) is 69.6 Å². The lowest BCUT2D eigenvalue weighted by Gasteiger charge is -2.37. The molecular formula is C19H22N2O3. The van der Waals surface area contributed by atoms with Gasteiger partial charge in [0.1, 0.15) is 0 Å². The number of carbonyl (C=O) groups excluding carboxylic acids is 1. The molecule has 2 aliphatic rings. The molecule has 0 fully saturated rings. The van der Waals surface area contributed by atoms with Crippen LogP contribution < -0.4 is 5.32 Å². The predicted octanol–water partition coefficient (Wildman–Crippen LogP) is 2.12. The molecule has 0 radical (unpaired) electrons. The van der Waals surface area contributed by atoms with Crippen molar-refractivity contribution in [1.82, 2.24) is 10.2 Å².